The van der Waals surface area contributed by atoms with Crippen LogP contribution < -0.4 is 5.73 Å². The number of anilines is 1. The number of aryl methyl sites for hydroxylation is 1. The van der Waals surface area contributed by atoms with Gasteiger partial charge in [0.05, 0.1) is 0 Å². The van der Waals surface area contributed by atoms with Crippen LogP contribution in [0.5, 0.6) is 0 Å². The third kappa shape index (κ3) is 1.26. The van der Waals surface area contributed by atoms with Crippen LogP contribution in [0.1, 0.15) is 12.5 Å². The van der Waals surface area contributed by atoms with Crippen molar-refractivity contribution in [2.75, 3.05) is 5.73 Å². The molecule has 0 aliphatic rings. The first kappa shape index (κ1) is 8.11. The van der Waals surface area contributed by atoms with Crippen LogP contribution in [0.15, 0.2) is 36.4 Å². The molecule has 0 bridgehead atoms. The van der Waals surface area contributed by atoms with E-state index in [-0.39, 0.29) is 0 Å². The average molecular weight is 171 g/mol. The maximum atomic E-state index is 6.03. The number of rotatable bonds is 1. The summed E-state index contributed by atoms with van der Waals surface area (Å²) in [4.78, 5) is 0. The minimum atomic E-state index is 0.931. The van der Waals surface area contributed by atoms with Gasteiger partial charge in [0, 0.05) is 11.1 Å². The molecular weight excluding hydrogens is 158 g/mol. The van der Waals surface area contributed by atoms with Crippen LogP contribution in [0.3, 0.4) is 0 Å². The van der Waals surface area contributed by atoms with Gasteiger partial charge in [0.25, 0.3) is 0 Å². The van der Waals surface area contributed by atoms with E-state index in [9.17, 15) is 0 Å². The summed E-state index contributed by atoms with van der Waals surface area (Å²) in [6.07, 6.45) is 0.997. The zero-order chi connectivity index (χ0) is 9.26. The number of nitrogens with two attached hydrogens (primary N) is 1. The maximum Gasteiger partial charge on any atom is 0.0426 e. The highest BCUT2D eigenvalue weighted by molar-refractivity contribution is 5.94. The van der Waals surface area contributed by atoms with Gasteiger partial charge in [-0.15, -0.1) is 0 Å². The summed E-state index contributed by atoms with van der Waals surface area (Å²) in [5, 5.41) is 2.39. The van der Waals surface area contributed by atoms with Gasteiger partial charge in [-0.2, -0.15) is 0 Å². The summed E-state index contributed by atoms with van der Waals surface area (Å²) in [6, 6.07) is 12.5. The smallest absolute Gasteiger partial charge is 0.0426 e. The Morgan fingerprint density at radius 2 is 1.85 bits per heavy atom. The lowest BCUT2D eigenvalue weighted by atomic mass is 10.0. The van der Waals surface area contributed by atoms with Crippen LogP contribution in [-0.2, 0) is 6.42 Å². The van der Waals surface area contributed by atoms with Crippen molar-refractivity contribution in [1.29, 1.82) is 0 Å². The third-order valence-electron chi connectivity index (χ3n) is 2.44. The van der Waals surface area contributed by atoms with Crippen molar-refractivity contribution < 1.29 is 0 Å². The Morgan fingerprint density at radius 1 is 1.08 bits per heavy atom. The molecular formula is C12H13N. The molecule has 0 heterocycles. The molecule has 0 aliphatic heterocycles. The second kappa shape index (κ2) is 3.09. The highest BCUT2D eigenvalue weighted by atomic mass is 14.6. The lowest BCUT2D eigenvalue weighted by molar-refractivity contribution is 1.15. The largest absolute Gasteiger partial charge is 0.398 e. The minimum absolute atomic E-state index is 0.931. The average Bonchev–Trinajstić information content (AvgIpc) is 2.19. The van der Waals surface area contributed by atoms with E-state index in [0.717, 1.165) is 12.1 Å². The monoisotopic (exact) mass is 171 g/mol. The second-order valence-corrected chi connectivity index (χ2v) is 3.21. The molecule has 66 valence electrons. The second-order valence-electron chi connectivity index (χ2n) is 3.21. The standard InChI is InChI=1S/C12H13N/c1-2-9-7-8-10-5-3-4-6-11(10)12(9)13/h3-8H,2,13H2,1H3. The quantitative estimate of drug-likeness (QED) is 0.656. The Kier molecular flexibility index (Phi) is 1.93. The van der Waals surface area contributed by atoms with Crippen molar-refractivity contribution >= 4 is 16.5 Å². The van der Waals surface area contributed by atoms with E-state index in [1.807, 2.05) is 12.1 Å². The molecule has 2 rings (SSSR count). The predicted molar refractivity (Wildman–Crippen MR) is 57.7 cm³/mol. The zero-order valence-electron chi connectivity index (χ0n) is 7.75. The van der Waals surface area contributed by atoms with Crippen LogP contribution in [-0.4, -0.2) is 0 Å². The molecule has 2 aromatic rings. The van der Waals surface area contributed by atoms with Gasteiger partial charge in [-0.25, -0.2) is 0 Å². The van der Waals surface area contributed by atoms with Gasteiger partial charge in [-0.1, -0.05) is 43.3 Å². The van der Waals surface area contributed by atoms with Crippen LogP contribution in [0.4, 0.5) is 5.69 Å². The molecule has 13 heavy (non-hydrogen) atoms. The lowest BCUT2D eigenvalue weighted by Crippen LogP contribution is -1.93. The molecule has 0 saturated heterocycles. The fourth-order valence-corrected chi connectivity index (χ4v) is 1.65. The Hall–Kier alpha value is -1.50. The summed E-state index contributed by atoms with van der Waals surface area (Å²) in [5.74, 6) is 0. The highest BCUT2D eigenvalue weighted by Crippen LogP contribution is 2.24. The van der Waals surface area contributed by atoms with E-state index in [4.69, 9.17) is 5.73 Å². The summed E-state index contributed by atoms with van der Waals surface area (Å²) in [5.41, 5.74) is 8.20. The van der Waals surface area contributed by atoms with E-state index < -0.39 is 0 Å². The Balaban J connectivity index is 2.79. The van der Waals surface area contributed by atoms with Crippen molar-refractivity contribution in [2.24, 2.45) is 0 Å². The molecule has 0 amide bonds. The van der Waals surface area contributed by atoms with Crippen LogP contribution in [0.25, 0.3) is 10.8 Å². The number of benzene rings is 2. The van der Waals surface area contributed by atoms with Crippen LogP contribution >= 0.6 is 0 Å². The first-order valence-electron chi connectivity index (χ1n) is 4.59. The fraction of sp³-hybridized carbons (Fsp3) is 0.167. The first-order chi connectivity index (χ1) is 6.33. The molecule has 0 saturated carbocycles. The number of hydrogen-bond acceptors (Lipinski definition) is 1. The van der Waals surface area contributed by atoms with Gasteiger partial charge in [0.2, 0.25) is 0 Å². The SMILES string of the molecule is CCc1ccc2ccccc2c1N. The molecule has 1 heteroatoms. The highest BCUT2D eigenvalue weighted by Gasteiger charge is 2.00. The van der Waals surface area contributed by atoms with Gasteiger partial charge in [0.15, 0.2) is 0 Å². The lowest BCUT2D eigenvalue weighted by Gasteiger charge is -2.06. The topological polar surface area (TPSA) is 26.0 Å². The Bertz CT molecular complexity index is 432. The molecule has 0 unspecified atom stereocenters. The van der Waals surface area contributed by atoms with Crippen LogP contribution in [0.2, 0.25) is 0 Å². The molecule has 2 aromatic carbocycles. The number of nitrogen functional groups attached to an aromatic ring is 1. The van der Waals surface area contributed by atoms with E-state index in [1.54, 1.807) is 0 Å². The molecule has 1 nitrogen and oxygen atoms in total. The summed E-state index contributed by atoms with van der Waals surface area (Å²) in [6.45, 7) is 2.13. The Morgan fingerprint density at radius 3 is 2.62 bits per heavy atom. The normalized spacial score (nSPS) is 10.5. The summed E-state index contributed by atoms with van der Waals surface area (Å²) >= 11 is 0. The van der Waals surface area contributed by atoms with E-state index in [0.29, 0.717) is 0 Å². The van der Waals surface area contributed by atoms with Crippen molar-refractivity contribution in [2.45, 2.75) is 13.3 Å². The zero-order valence-corrected chi connectivity index (χ0v) is 7.75. The molecule has 0 spiro atoms. The van der Waals surface area contributed by atoms with Crippen molar-refractivity contribution in [3.8, 4) is 0 Å². The molecule has 0 atom stereocenters. The molecule has 0 fully saturated rings. The van der Waals surface area contributed by atoms with Gasteiger partial charge in [-0.05, 0) is 17.4 Å². The molecule has 2 N–H and O–H groups in total. The maximum absolute atomic E-state index is 6.03. The molecule has 0 aromatic heterocycles. The predicted octanol–water partition coefficient (Wildman–Crippen LogP) is 2.98. The van der Waals surface area contributed by atoms with E-state index in [1.165, 1.54) is 16.3 Å². The van der Waals surface area contributed by atoms with Crippen LogP contribution in [0, 0.1) is 0 Å². The van der Waals surface area contributed by atoms with Crippen molar-refractivity contribution in [1.82, 2.24) is 0 Å². The fourth-order valence-electron chi connectivity index (χ4n) is 1.65. The summed E-state index contributed by atoms with van der Waals surface area (Å²) < 4.78 is 0. The minimum Gasteiger partial charge on any atom is -0.398 e. The van der Waals surface area contributed by atoms with Gasteiger partial charge in [-0.3, -0.25) is 0 Å². The van der Waals surface area contributed by atoms with Gasteiger partial charge < -0.3 is 5.73 Å². The molecule has 0 radical (unpaired) electrons. The third-order valence-corrected chi connectivity index (χ3v) is 2.44. The molecule has 0 aliphatic carbocycles. The van der Waals surface area contributed by atoms with Gasteiger partial charge >= 0.3 is 0 Å². The van der Waals surface area contributed by atoms with Gasteiger partial charge in [0.1, 0.15) is 0 Å². The summed E-state index contributed by atoms with van der Waals surface area (Å²) in [7, 11) is 0. The van der Waals surface area contributed by atoms with E-state index >= 15 is 0 Å². The van der Waals surface area contributed by atoms with Crippen molar-refractivity contribution in [3.63, 3.8) is 0 Å². The first-order valence-corrected chi connectivity index (χ1v) is 4.59. The Labute approximate surface area is 78.2 Å². The van der Waals surface area contributed by atoms with E-state index in [2.05, 4.69) is 31.2 Å². The number of hydrogen-bond donors (Lipinski definition) is 1. The number of fused-ring (bicyclic) bond motifs is 1. The van der Waals surface area contributed by atoms with Crippen molar-refractivity contribution in [3.05, 3.63) is 42.0 Å².